The van der Waals surface area contributed by atoms with Gasteiger partial charge in [-0.25, -0.2) is 4.79 Å². The fourth-order valence-electron chi connectivity index (χ4n) is 1.02. The van der Waals surface area contributed by atoms with Gasteiger partial charge in [-0.3, -0.25) is 4.21 Å². The van der Waals surface area contributed by atoms with E-state index in [2.05, 4.69) is 15.9 Å². The number of hydrogen-bond donors (Lipinski definition) is 1. The number of aromatic carboxylic acids is 1. The van der Waals surface area contributed by atoms with Crippen molar-refractivity contribution < 1.29 is 14.1 Å². The number of carbonyl (C=O) groups is 1. The van der Waals surface area contributed by atoms with Crippen LogP contribution in [-0.4, -0.2) is 21.0 Å². The van der Waals surface area contributed by atoms with E-state index in [0.29, 0.717) is 10.6 Å². The molecular weight excluding hydrogens is 268 g/mol. The van der Waals surface area contributed by atoms with Gasteiger partial charge in [-0.2, -0.15) is 0 Å². The average molecular weight is 277 g/mol. The lowest BCUT2D eigenvalue weighted by molar-refractivity contribution is 0.0693. The maximum atomic E-state index is 11.5. The van der Waals surface area contributed by atoms with Crippen LogP contribution >= 0.6 is 15.9 Å². The van der Waals surface area contributed by atoms with Crippen LogP contribution < -0.4 is 0 Å². The number of rotatable bonds is 3. The predicted octanol–water partition coefficient (Wildman–Crippen LogP) is 2.27. The Morgan fingerprint density at radius 2 is 2.21 bits per heavy atom. The van der Waals surface area contributed by atoms with Crippen LogP contribution in [-0.2, 0) is 10.8 Å². The predicted molar refractivity (Wildman–Crippen MR) is 58.1 cm³/mol. The van der Waals surface area contributed by atoms with Crippen molar-refractivity contribution in [2.24, 2.45) is 0 Å². The van der Waals surface area contributed by atoms with Gasteiger partial charge >= 0.3 is 5.97 Å². The van der Waals surface area contributed by atoms with Crippen LogP contribution in [0, 0.1) is 0 Å². The lowest BCUT2D eigenvalue weighted by Crippen LogP contribution is -2.05. The SMILES string of the molecule is CCS(=O)c1cc(Br)ccc1C(=O)O. The fraction of sp³-hybridized carbons (Fsp3) is 0.222. The van der Waals surface area contributed by atoms with E-state index in [1.54, 1.807) is 19.1 Å². The molecule has 0 aromatic heterocycles. The Bertz CT molecular complexity index is 390. The van der Waals surface area contributed by atoms with Gasteiger partial charge in [0.15, 0.2) is 0 Å². The van der Waals surface area contributed by atoms with Crippen molar-refractivity contribution in [1.82, 2.24) is 0 Å². The highest BCUT2D eigenvalue weighted by Crippen LogP contribution is 2.20. The standard InChI is InChI=1S/C9H9BrO3S/c1-2-14(13)8-5-6(10)3-4-7(8)9(11)12/h3-5H,2H2,1H3,(H,11,12). The summed E-state index contributed by atoms with van der Waals surface area (Å²) < 4.78 is 12.3. The zero-order valence-electron chi connectivity index (χ0n) is 7.49. The van der Waals surface area contributed by atoms with E-state index in [9.17, 15) is 9.00 Å². The topological polar surface area (TPSA) is 54.4 Å². The second-order valence-corrected chi connectivity index (χ2v) is 5.20. The summed E-state index contributed by atoms with van der Waals surface area (Å²) in [5.74, 6) is -0.634. The van der Waals surface area contributed by atoms with Gasteiger partial charge in [-0.1, -0.05) is 22.9 Å². The lowest BCUT2D eigenvalue weighted by atomic mass is 10.2. The summed E-state index contributed by atoms with van der Waals surface area (Å²) in [5.41, 5.74) is 0.105. The second kappa shape index (κ2) is 4.70. The Balaban J connectivity index is 3.29. The van der Waals surface area contributed by atoms with Crippen LogP contribution in [0.2, 0.25) is 0 Å². The number of carboxylic acids is 1. The molecule has 0 radical (unpaired) electrons. The monoisotopic (exact) mass is 276 g/mol. The molecule has 0 amide bonds. The van der Waals surface area contributed by atoms with Gasteiger partial charge in [0.2, 0.25) is 0 Å². The minimum atomic E-state index is -1.24. The first kappa shape index (κ1) is 11.4. The first-order valence-corrected chi connectivity index (χ1v) is 6.08. The van der Waals surface area contributed by atoms with Gasteiger partial charge in [0, 0.05) is 10.2 Å². The molecule has 3 nitrogen and oxygen atoms in total. The number of carboxylic acid groups (broad SMARTS) is 1. The highest BCUT2D eigenvalue weighted by Gasteiger charge is 2.14. The number of benzene rings is 1. The van der Waals surface area contributed by atoms with E-state index in [4.69, 9.17) is 5.11 Å². The first-order valence-electron chi connectivity index (χ1n) is 3.97. The molecule has 0 saturated heterocycles. The highest BCUT2D eigenvalue weighted by atomic mass is 79.9. The van der Waals surface area contributed by atoms with Crippen molar-refractivity contribution in [3.8, 4) is 0 Å². The van der Waals surface area contributed by atoms with Crippen LogP contribution in [0.1, 0.15) is 17.3 Å². The molecule has 1 aromatic carbocycles. The maximum Gasteiger partial charge on any atom is 0.336 e. The zero-order valence-corrected chi connectivity index (χ0v) is 9.89. The van der Waals surface area contributed by atoms with E-state index in [0.717, 1.165) is 4.47 Å². The molecule has 0 aliphatic rings. The first-order chi connectivity index (χ1) is 6.56. The lowest BCUT2D eigenvalue weighted by Gasteiger charge is -2.04. The summed E-state index contributed by atoms with van der Waals surface area (Å²) in [5, 5.41) is 8.85. The largest absolute Gasteiger partial charge is 0.478 e. The van der Waals surface area contributed by atoms with E-state index in [1.807, 2.05) is 0 Å². The third kappa shape index (κ3) is 2.42. The van der Waals surface area contributed by atoms with Crippen molar-refractivity contribution in [3.63, 3.8) is 0 Å². The normalized spacial score (nSPS) is 12.4. The fourth-order valence-corrected chi connectivity index (χ4v) is 2.50. The van der Waals surface area contributed by atoms with Gasteiger partial charge in [-0.05, 0) is 18.2 Å². The molecule has 0 fully saturated rings. The molecular formula is C9H9BrO3S. The molecule has 14 heavy (non-hydrogen) atoms. The minimum absolute atomic E-state index is 0.105. The van der Waals surface area contributed by atoms with Crippen LogP contribution in [0.4, 0.5) is 0 Å². The Labute approximate surface area is 92.7 Å². The van der Waals surface area contributed by atoms with E-state index >= 15 is 0 Å². The molecule has 0 saturated carbocycles. The summed E-state index contributed by atoms with van der Waals surface area (Å²) in [6.45, 7) is 1.75. The molecule has 1 aromatic rings. The molecule has 1 atom stereocenters. The van der Waals surface area contributed by atoms with Crippen LogP contribution in [0.3, 0.4) is 0 Å². The third-order valence-corrected chi connectivity index (χ3v) is 3.53. The summed E-state index contributed by atoms with van der Waals surface area (Å²) in [4.78, 5) is 11.2. The molecule has 76 valence electrons. The molecule has 0 aliphatic heterocycles. The summed E-state index contributed by atoms with van der Waals surface area (Å²) in [6.07, 6.45) is 0. The smallest absolute Gasteiger partial charge is 0.336 e. The number of halogens is 1. The van der Waals surface area contributed by atoms with Crippen molar-refractivity contribution in [2.45, 2.75) is 11.8 Å². The minimum Gasteiger partial charge on any atom is -0.478 e. The van der Waals surface area contributed by atoms with Crippen molar-refractivity contribution >= 4 is 32.7 Å². The summed E-state index contributed by atoms with van der Waals surface area (Å²) in [7, 11) is -1.24. The summed E-state index contributed by atoms with van der Waals surface area (Å²) in [6, 6.07) is 4.66. The molecule has 1 N–H and O–H groups in total. The van der Waals surface area contributed by atoms with Gasteiger partial charge in [0.1, 0.15) is 0 Å². The quantitative estimate of drug-likeness (QED) is 0.922. The van der Waals surface area contributed by atoms with Crippen molar-refractivity contribution in [1.29, 1.82) is 0 Å². The van der Waals surface area contributed by atoms with Crippen molar-refractivity contribution in [2.75, 3.05) is 5.75 Å². The molecule has 1 rings (SSSR count). The molecule has 0 spiro atoms. The summed E-state index contributed by atoms with van der Waals surface area (Å²) >= 11 is 3.22. The molecule has 1 unspecified atom stereocenters. The van der Waals surface area contributed by atoms with Gasteiger partial charge in [0.05, 0.1) is 21.3 Å². The molecule has 0 aliphatic carbocycles. The van der Waals surface area contributed by atoms with Gasteiger partial charge in [0.25, 0.3) is 0 Å². The van der Waals surface area contributed by atoms with E-state index in [-0.39, 0.29) is 5.56 Å². The van der Waals surface area contributed by atoms with Crippen molar-refractivity contribution in [3.05, 3.63) is 28.2 Å². The molecule has 0 bridgehead atoms. The third-order valence-electron chi connectivity index (χ3n) is 1.68. The number of hydrogen-bond acceptors (Lipinski definition) is 2. The Hall–Kier alpha value is -0.680. The van der Waals surface area contributed by atoms with E-state index in [1.165, 1.54) is 6.07 Å². The molecule has 5 heteroatoms. The van der Waals surface area contributed by atoms with Crippen LogP contribution in [0.15, 0.2) is 27.6 Å². The Kier molecular flexibility index (Phi) is 3.83. The van der Waals surface area contributed by atoms with E-state index < -0.39 is 16.8 Å². The molecule has 0 heterocycles. The van der Waals surface area contributed by atoms with Gasteiger partial charge < -0.3 is 5.11 Å². The van der Waals surface area contributed by atoms with Gasteiger partial charge in [-0.15, -0.1) is 0 Å². The highest BCUT2D eigenvalue weighted by molar-refractivity contribution is 9.10. The second-order valence-electron chi connectivity index (χ2n) is 2.58. The maximum absolute atomic E-state index is 11.5. The van der Waals surface area contributed by atoms with Crippen LogP contribution in [0.5, 0.6) is 0 Å². The average Bonchev–Trinajstić information content (AvgIpc) is 2.16. The Morgan fingerprint density at radius 3 is 2.71 bits per heavy atom. The zero-order chi connectivity index (χ0) is 10.7. The van der Waals surface area contributed by atoms with Crippen LogP contribution in [0.25, 0.3) is 0 Å². The Morgan fingerprint density at radius 1 is 1.57 bits per heavy atom.